The largest absolute Gasteiger partial charge is 0.456 e. The van der Waals surface area contributed by atoms with E-state index in [1.54, 1.807) is 0 Å². The van der Waals surface area contributed by atoms with Gasteiger partial charge in [0.05, 0.1) is 5.41 Å². The number of carbonyl (C=O) groups is 2. The van der Waals surface area contributed by atoms with Gasteiger partial charge in [0.15, 0.2) is 5.78 Å². The molecule has 0 amide bonds. The van der Waals surface area contributed by atoms with Crippen molar-refractivity contribution in [3.05, 3.63) is 35.9 Å². The van der Waals surface area contributed by atoms with E-state index >= 15 is 0 Å². The highest BCUT2D eigenvalue weighted by molar-refractivity contribution is 6.08. The molecule has 1 atom stereocenters. The summed E-state index contributed by atoms with van der Waals surface area (Å²) in [7, 11) is 0. The van der Waals surface area contributed by atoms with Crippen molar-refractivity contribution in [3.8, 4) is 0 Å². The first-order chi connectivity index (χ1) is 9.98. The normalized spacial score (nSPS) is 27.4. The highest BCUT2D eigenvalue weighted by Gasteiger charge is 2.60. The fourth-order valence-electron chi connectivity index (χ4n) is 3.89. The Labute approximate surface area is 125 Å². The van der Waals surface area contributed by atoms with Gasteiger partial charge >= 0.3 is 5.97 Å². The van der Waals surface area contributed by atoms with Crippen LogP contribution in [0.25, 0.3) is 0 Å². The minimum Gasteiger partial charge on any atom is -0.456 e. The van der Waals surface area contributed by atoms with E-state index in [4.69, 9.17) is 4.74 Å². The Morgan fingerprint density at radius 1 is 1.00 bits per heavy atom. The van der Waals surface area contributed by atoms with Crippen LogP contribution in [-0.2, 0) is 14.3 Å². The third-order valence-corrected chi connectivity index (χ3v) is 5.10. The molecular weight excluding hydrogens is 264 g/mol. The molecule has 2 fully saturated rings. The number of cyclic esters (lactones) is 1. The minimum atomic E-state index is -0.882. The van der Waals surface area contributed by atoms with Crippen LogP contribution in [0.1, 0.15) is 57.6 Å². The highest BCUT2D eigenvalue weighted by atomic mass is 16.5. The maximum absolute atomic E-state index is 13.1. The van der Waals surface area contributed by atoms with Gasteiger partial charge < -0.3 is 4.74 Å². The Morgan fingerprint density at radius 3 is 2.24 bits per heavy atom. The summed E-state index contributed by atoms with van der Waals surface area (Å²) in [4.78, 5) is 25.7. The van der Waals surface area contributed by atoms with E-state index in [1.165, 1.54) is 0 Å². The maximum Gasteiger partial charge on any atom is 0.320 e. The number of benzene rings is 1. The van der Waals surface area contributed by atoms with E-state index in [9.17, 15) is 9.59 Å². The molecule has 1 aliphatic heterocycles. The summed E-state index contributed by atoms with van der Waals surface area (Å²) in [6.45, 7) is 3.82. The quantitative estimate of drug-likeness (QED) is 0.582. The predicted molar refractivity (Wildman–Crippen MR) is 79.6 cm³/mol. The topological polar surface area (TPSA) is 43.4 Å². The van der Waals surface area contributed by atoms with E-state index < -0.39 is 16.9 Å². The van der Waals surface area contributed by atoms with Crippen LogP contribution in [0.2, 0.25) is 0 Å². The molecule has 2 aliphatic rings. The molecule has 1 aromatic carbocycles. The molecule has 0 radical (unpaired) electrons. The van der Waals surface area contributed by atoms with Crippen LogP contribution in [-0.4, -0.2) is 11.8 Å². The van der Waals surface area contributed by atoms with E-state index in [-0.39, 0.29) is 11.8 Å². The van der Waals surface area contributed by atoms with E-state index in [0.717, 1.165) is 24.8 Å². The predicted octanol–water partition coefficient (Wildman–Crippen LogP) is 3.83. The molecule has 0 aromatic heterocycles. The molecule has 0 bridgehead atoms. The number of ether oxygens (including phenoxy) is 1. The van der Waals surface area contributed by atoms with Gasteiger partial charge in [-0.1, -0.05) is 49.6 Å². The maximum atomic E-state index is 13.1. The summed E-state index contributed by atoms with van der Waals surface area (Å²) in [5, 5.41) is 0. The van der Waals surface area contributed by atoms with Crippen LogP contribution >= 0.6 is 0 Å². The van der Waals surface area contributed by atoms with Gasteiger partial charge in [-0.2, -0.15) is 0 Å². The third kappa shape index (κ3) is 2.10. The molecule has 1 heterocycles. The van der Waals surface area contributed by atoms with Crippen LogP contribution < -0.4 is 0 Å². The van der Waals surface area contributed by atoms with E-state index in [1.807, 2.05) is 44.2 Å². The molecule has 0 N–H and O–H groups in total. The van der Waals surface area contributed by atoms with Crippen molar-refractivity contribution in [3.63, 3.8) is 0 Å². The second-order valence-corrected chi connectivity index (χ2v) is 6.89. The molecule has 1 aliphatic carbocycles. The fourth-order valence-corrected chi connectivity index (χ4v) is 3.89. The van der Waals surface area contributed by atoms with Crippen LogP contribution in [0, 0.1) is 10.8 Å². The Hall–Kier alpha value is -1.64. The average Bonchev–Trinajstić information content (AvgIpc) is 2.51. The van der Waals surface area contributed by atoms with Gasteiger partial charge in [-0.05, 0) is 32.3 Å². The van der Waals surface area contributed by atoms with Gasteiger partial charge in [0, 0.05) is 0 Å². The van der Waals surface area contributed by atoms with Gasteiger partial charge in [-0.15, -0.1) is 0 Å². The van der Waals surface area contributed by atoms with E-state index in [2.05, 4.69) is 0 Å². The smallest absolute Gasteiger partial charge is 0.320 e. The Morgan fingerprint density at radius 2 is 1.62 bits per heavy atom. The Balaban J connectivity index is 1.99. The number of esters is 1. The van der Waals surface area contributed by atoms with Crippen LogP contribution in [0.5, 0.6) is 0 Å². The van der Waals surface area contributed by atoms with Crippen molar-refractivity contribution in [1.82, 2.24) is 0 Å². The first kappa shape index (κ1) is 14.3. The Bertz CT molecular complexity index is 553. The molecule has 1 saturated carbocycles. The van der Waals surface area contributed by atoms with Crippen LogP contribution in [0.15, 0.2) is 30.3 Å². The van der Waals surface area contributed by atoms with Gasteiger partial charge in [0.2, 0.25) is 0 Å². The third-order valence-electron chi connectivity index (χ3n) is 5.10. The first-order valence-electron chi connectivity index (χ1n) is 7.79. The number of Topliss-reactive ketones (excluding diaryl/α,β-unsaturated/α-hetero) is 1. The van der Waals surface area contributed by atoms with Crippen LogP contribution in [0.4, 0.5) is 0 Å². The molecule has 3 rings (SSSR count). The molecule has 1 aromatic rings. The van der Waals surface area contributed by atoms with E-state index in [0.29, 0.717) is 12.8 Å². The van der Waals surface area contributed by atoms with Crippen molar-refractivity contribution in [1.29, 1.82) is 0 Å². The number of ketones is 1. The average molecular weight is 286 g/mol. The van der Waals surface area contributed by atoms with Crippen molar-refractivity contribution in [2.24, 2.45) is 10.8 Å². The molecule has 0 unspecified atom stereocenters. The monoisotopic (exact) mass is 286 g/mol. The van der Waals surface area contributed by atoms with Gasteiger partial charge in [-0.3, -0.25) is 9.59 Å². The standard InChI is InChI=1S/C18H22O3/c1-17(2)14(13-9-5-3-6-10-13)21-16(20)18(15(17)19)11-7-4-8-12-18/h3,5-6,9-10,14H,4,7-8,11-12H2,1-2H3/t14-/m1/s1. The van der Waals surface area contributed by atoms with Crippen molar-refractivity contribution < 1.29 is 14.3 Å². The summed E-state index contributed by atoms with van der Waals surface area (Å²) in [5.41, 5.74) is -0.658. The lowest BCUT2D eigenvalue weighted by Crippen LogP contribution is -2.55. The Kier molecular flexibility index (Phi) is 3.39. The summed E-state index contributed by atoms with van der Waals surface area (Å²) >= 11 is 0. The van der Waals surface area contributed by atoms with Crippen LogP contribution in [0.3, 0.4) is 0 Å². The molecular formula is C18H22O3. The van der Waals surface area contributed by atoms with Crippen molar-refractivity contribution in [2.45, 2.75) is 52.1 Å². The van der Waals surface area contributed by atoms with Crippen molar-refractivity contribution in [2.75, 3.05) is 0 Å². The van der Waals surface area contributed by atoms with Gasteiger partial charge in [-0.25, -0.2) is 0 Å². The second-order valence-electron chi connectivity index (χ2n) is 6.89. The van der Waals surface area contributed by atoms with Gasteiger partial charge in [0.1, 0.15) is 11.5 Å². The summed E-state index contributed by atoms with van der Waals surface area (Å²) in [6, 6.07) is 9.59. The molecule has 1 spiro atoms. The highest BCUT2D eigenvalue weighted by Crippen LogP contribution is 2.52. The molecule has 3 nitrogen and oxygen atoms in total. The number of hydrogen-bond acceptors (Lipinski definition) is 3. The lowest BCUT2D eigenvalue weighted by Gasteiger charge is -2.47. The number of hydrogen-bond donors (Lipinski definition) is 0. The lowest BCUT2D eigenvalue weighted by atomic mass is 9.60. The van der Waals surface area contributed by atoms with Crippen molar-refractivity contribution >= 4 is 11.8 Å². The zero-order valence-corrected chi connectivity index (χ0v) is 12.7. The SMILES string of the molecule is CC1(C)C(=O)C2(CCCCC2)C(=O)O[C@@H]1c1ccccc1. The molecule has 21 heavy (non-hydrogen) atoms. The summed E-state index contributed by atoms with van der Waals surface area (Å²) in [5.74, 6) is -0.236. The second kappa shape index (κ2) is 4.97. The minimum absolute atomic E-state index is 0.0693. The zero-order valence-electron chi connectivity index (χ0n) is 12.7. The number of carbonyl (C=O) groups excluding carboxylic acids is 2. The molecule has 112 valence electrons. The first-order valence-corrected chi connectivity index (χ1v) is 7.79. The lowest BCUT2D eigenvalue weighted by molar-refractivity contribution is -0.192. The van der Waals surface area contributed by atoms with Gasteiger partial charge in [0.25, 0.3) is 0 Å². The summed E-state index contributed by atoms with van der Waals surface area (Å²) in [6.07, 6.45) is 3.79. The molecule has 1 saturated heterocycles. The number of rotatable bonds is 1. The summed E-state index contributed by atoms with van der Waals surface area (Å²) < 4.78 is 5.79. The fraction of sp³-hybridized carbons (Fsp3) is 0.556. The molecule has 3 heteroatoms. The zero-order chi connectivity index (χ0) is 15.1.